The van der Waals surface area contributed by atoms with Crippen molar-refractivity contribution in [1.29, 1.82) is 10.8 Å². The molecule has 1 aromatic rings. The van der Waals surface area contributed by atoms with Gasteiger partial charge >= 0.3 is 0 Å². The first-order valence-electron chi connectivity index (χ1n) is 8.35. The fourth-order valence-electron chi connectivity index (χ4n) is 1.91. The van der Waals surface area contributed by atoms with Crippen LogP contribution in [0.1, 0.15) is 45.6 Å². The maximum Gasteiger partial charge on any atom is 0.141 e. The number of phenolic OH excluding ortho intramolecular Hbond substituents is 1. The summed E-state index contributed by atoms with van der Waals surface area (Å²) in [5.74, 6) is 0.495. The van der Waals surface area contributed by atoms with Crippen LogP contribution >= 0.6 is 23.6 Å². The Morgan fingerprint density at radius 3 is 2.31 bits per heavy atom. The average Bonchev–Trinajstić information content (AvgIpc) is 2.63. The Kier molecular flexibility index (Phi) is 11.7. The van der Waals surface area contributed by atoms with Crippen LogP contribution in [-0.2, 0) is 4.18 Å². The van der Waals surface area contributed by atoms with Crippen molar-refractivity contribution >= 4 is 40.8 Å². The SMILES string of the molecule is CC.CCC(C)c1cc(SOC)cc(N)c1O.N=C1C=CC(Cl)=CC1=N. The Balaban J connectivity index is 0.000000484. The summed E-state index contributed by atoms with van der Waals surface area (Å²) in [4.78, 5) is 0.920. The molecular formula is C19H28ClN3O2S. The highest BCUT2D eigenvalue weighted by molar-refractivity contribution is 7.94. The van der Waals surface area contributed by atoms with Gasteiger partial charge in [0.05, 0.1) is 24.2 Å². The zero-order valence-corrected chi connectivity index (χ0v) is 17.5. The van der Waals surface area contributed by atoms with Crippen molar-refractivity contribution in [2.75, 3.05) is 12.8 Å². The molecule has 1 unspecified atom stereocenters. The van der Waals surface area contributed by atoms with E-state index in [4.69, 9.17) is 32.3 Å². The number of aromatic hydroxyl groups is 1. The van der Waals surface area contributed by atoms with Gasteiger partial charge in [-0.05, 0) is 42.7 Å². The van der Waals surface area contributed by atoms with Crippen LogP contribution in [0.2, 0.25) is 0 Å². The van der Waals surface area contributed by atoms with E-state index in [1.165, 1.54) is 24.2 Å². The summed E-state index contributed by atoms with van der Waals surface area (Å²) >= 11 is 6.76. The monoisotopic (exact) mass is 397 g/mol. The van der Waals surface area contributed by atoms with Gasteiger partial charge in [0.1, 0.15) is 5.75 Å². The molecule has 0 heterocycles. The normalized spacial score (nSPS) is 13.8. The molecule has 2 rings (SSSR count). The predicted molar refractivity (Wildman–Crippen MR) is 114 cm³/mol. The van der Waals surface area contributed by atoms with E-state index >= 15 is 0 Å². The summed E-state index contributed by atoms with van der Waals surface area (Å²) in [6, 6.07) is 3.64. The Hall–Kier alpha value is -1.76. The molecule has 1 aliphatic carbocycles. The molecule has 5 N–H and O–H groups in total. The van der Waals surface area contributed by atoms with Crippen molar-refractivity contribution in [3.8, 4) is 5.75 Å². The number of phenols is 1. The van der Waals surface area contributed by atoms with Crippen LogP contribution in [0, 0.1) is 10.8 Å². The van der Waals surface area contributed by atoms with Gasteiger partial charge in [0.2, 0.25) is 0 Å². The number of nitrogens with one attached hydrogen (secondary N) is 2. The van der Waals surface area contributed by atoms with Crippen molar-refractivity contribution in [3.63, 3.8) is 0 Å². The van der Waals surface area contributed by atoms with Crippen LogP contribution in [0.25, 0.3) is 0 Å². The van der Waals surface area contributed by atoms with Crippen molar-refractivity contribution in [2.45, 2.75) is 44.9 Å². The lowest BCUT2D eigenvalue weighted by atomic mass is 9.97. The van der Waals surface area contributed by atoms with Crippen LogP contribution in [-0.4, -0.2) is 23.6 Å². The third-order valence-corrected chi connectivity index (χ3v) is 4.28. The van der Waals surface area contributed by atoms with Gasteiger partial charge < -0.3 is 15.0 Å². The molecule has 1 atom stereocenters. The molecule has 7 heteroatoms. The van der Waals surface area contributed by atoms with E-state index in [-0.39, 0.29) is 17.2 Å². The number of nitrogen functional groups attached to an aromatic ring is 1. The van der Waals surface area contributed by atoms with Gasteiger partial charge in [-0.15, -0.1) is 0 Å². The van der Waals surface area contributed by atoms with Crippen LogP contribution in [0.15, 0.2) is 40.3 Å². The smallest absolute Gasteiger partial charge is 0.141 e. The second-order valence-corrected chi connectivity index (χ2v) is 6.61. The zero-order valence-electron chi connectivity index (χ0n) is 15.9. The van der Waals surface area contributed by atoms with Gasteiger partial charge in [-0.25, -0.2) is 0 Å². The molecule has 0 spiro atoms. The largest absolute Gasteiger partial charge is 0.505 e. The second-order valence-electron chi connectivity index (χ2n) is 5.20. The molecule has 5 nitrogen and oxygen atoms in total. The molecule has 0 amide bonds. The molecule has 1 aromatic carbocycles. The summed E-state index contributed by atoms with van der Waals surface area (Å²) in [5.41, 5.74) is 7.40. The minimum atomic E-state index is 0.169. The predicted octanol–water partition coefficient (Wildman–Crippen LogP) is 5.89. The zero-order chi connectivity index (χ0) is 20.3. The molecular weight excluding hydrogens is 370 g/mol. The van der Waals surface area contributed by atoms with Gasteiger partial charge in [0.15, 0.2) is 0 Å². The van der Waals surface area contributed by atoms with Crippen molar-refractivity contribution < 1.29 is 9.29 Å². The highest BCUT2D eigenvalue weighted by Crippen LogP contribution is 2.36. The summed E-state index contributed by atoms with van der Waals surface area (Å²) in [6.07, 6.45) is 5.52. The summed E-state index contributed by atoms with van der Waals surface area (Å²) in [6.45, 7) is 8.15. The molecule has 0 bridgehead atoms. The van der Waals surface area contributed by atoms with Gasteiger partial charge in [-0.1, -0.05) is 39.3 Å². The summed E-state index contributed by atoms with van der Waals surface area (Å²) in [5, 5.41) is 24.5. The van der Waals surface area contributed by atoms with Gasteiger partial charge in [0, 0.05) is 27.5 Å². The molecule has 26 heavy (non-hydrogen) atoms. The molecule has 0 radical (unpaired) electrons. The highest BCUT2D eigenvalue weighted by atomic mass is 35.5. The molecule has 0 saturated carbocycles. The molecule has 144 valence electrons. The molecule has 1 aliphatic rings. The van der Waals surface area contributed by atoms with Gasteiger partial charge in [-0.2, -0.15) is 0 Å². The lowest BCUT2D eigenvalue weighted by Gasteiger charge is -2.14. The Bertz CT molecular complexity index is 688. The van der Waals surface area contributed by atoms with E-state index in [0.717, 1.165) is 16.9 Å². The van der Waals surface area contributed by atoms with Crippen LogP contribution in [0.4, 0.5) is 5.69 Å². The van der Waals surface area contributed by atoms with Crippen LogP contribution < -0.4 is 5.73 Å². The Morgan fingerprint density at radius 2 is 1.85 bits per heavy atom. The first-order chi connectivity index (χ1) is 12.3. The summed E-state index contributed by atoms with van der Waals surface area (Å²) in [7, 11) is 1.61. The summed E-state index contributed by atoms with van der Waals surface area (Å²) < 4.78 is 4.97. The third kappa shape index (κ3) is 7.64. The molecule has 0 fully saturated rings. The van der Waals surface area contributed by atoms with Crippen molar-refractivity contribution in [1.82, 2.24) is 0 Å². The van der Waals surface area contributed by atoms with Crippen molar-refractivity contribution in [3.05, 3.63) is 41.0 Å². The topological polar surface area (TPSA) is 103 Å². The van der Waals surface area contributed by atoms with E-state index in [2.05, 4.69) is 13.8 Å². The third-order valence-electron chi connectivity index (χ3n) is 3.45. The van der Waals surface area contributed by atoms with Crippen LogP contribution in [0.5, 0.6) is 5.75 Å². The second kappa shape index (κ2) is 12.6. The van der Waals surface area contributed by atoms with E-state index in [9.17, 15) is 5.11 Å². The Morgan fingerprint density at radius 1 is 1.23 bits per heavy atom. The maximum absolute atomic E-state index is 9.82. The first-order valence-corrected chi connectivity index (χ1v) is 9.47. The number of rotatable bonds is 4. The van der Waals surface area contributed by atoms with Gasteiger partial charge in [0.25, 0.3) is 0 Å². The minimum Gasteiger partial charge on any atom is -0.505 e. The van der Waals surface area contributed by atoms with Crippen molar-refractivity contribution in [2.24, 2.45) is 0 Å². The number of nitrogens with two attached hydrogens (primary N) is 1. The van der Waals surface area contributed by atoms with E-state index in [1.54, 1.807) is 19.3 Å². The van der Waals surface area contributed by atoms with Crippen LogP contribution in [0.3, 0.4) is 0 Å². The average molecular weight is 398 g/mol. The standard InChI is InChI=1S/C11H17NO2S.C6H5ClN2.C2H6/c1-4-7(2)9-5-8(15-14-3)6-10(12)11(9)13;7-4-1-2-5(8)6(9)3-4;1-2/h5-7,13H,4,12H2,1-3H3;1-3,8-9H;1-2H3. The fourth-order valence-corrected chi connectivity index (χ4v) is 2.62. The number of hydrogen-bond donors (Lipinski definition) is 4. The number of benzene rings is 1. The minimum absolute atomic E-state index is 0.169. The number of allylic oxidation sites excluding steroid dienone is 4. The number of anilines is 1. The quantitative estimate of drug-likeness (QED) is 0.220. The lowest BCUT2D eigenvalue weighted by Crippen LogP contribution is -2.08. The van der Waals surface area contributed by atoms with E-state index in [1.807, 2.05) is 19.9 Å². The van der Waals surface area contributed by atoms with E-state index in [0.29, 0.717) is 16.6 Å². The highest BCUT2D eigenvalue weighted by Gasteiger charge is 2.13. The fraction of sp³-hybridized carbons (Fsp3) is 0.368. The molecule has 0 aromatic heterocycles. The number of halogens is 1. The van der Waals surface area contributed by atoms with Gasteiger partial charge in [-0.3, -0.25) is 10.8 Å². The molecule has 0 saturated heterocycles. The lowest BCUT2D eigenvalue weighted by molar-refractivity contribution is 0.463. The Labute approximate surface area is 165 Å². The maximum atomic E-state index is 9.82. The van der Waals surface area contributed by atoms with E-state index < -0.39 is 0 Å². The first kappa shape index (κ1) is 24.2. The molecule has 0 aliphatic heterocycles. The number of hydrogen-bond acceptors (Lipinski definition) is 6.